The normalized spacial score (nSPS) is 20.7. The van der Waals surface area contributed by atoms with E-state index in [2.05, 4.69) is 26.1 Å². The molecule has 1 amide bonds. The molecule has 0 aromatic heterocycles. The summed E-state index contributed by atoms with van der Waals surface area (Å²) in [4.78, 5) is 14.4. The highest BCUT2D eigenvalue weighted by atomic mass is 32.2. The summed E-state index contributed by atoms with van der Waals surface area (Å²) < 4.78 is 36.6. The molecule has 1 heterocycles. The summed E-state index contributed by atoms with van der Waals surface area (Å²) in [7, 11) is -3.04. The molecule has 2 atom stereocenters. The number of carbonyl (C=O) groups excluding carboxylic acids is 1. The van der Waals surface area contributed by atoms with Crippen molar-refractivity contribution in [3.63, 3.8) is 0 Å². The number of hydrogen-bond donors (Lipinski definition) is 1. The molecule has 0 spiro atoms. The highest BCUT2D eigenvalue weighted by molar-refractivity contribution is 7.91. The molecule has 146 valence electrons. The lowest BCUT2D eigenvalue weighted by Crippen LogP contribution is -2.46. The van der Waals surface area contributed by atoms with E-state index >= 15 is 0 Å². The Morgan fingerprint density at radius 1 is 1.31 bits per heavy atom. The van der Waals surface area contributed by atoms with Crippen molar-refractivity contribution in [1.29, 1.82) is 0 Å². The van der Waals surface area contributed by atoms with Crippen LogP contribution in [0.25, 0.3) is 0 Å². The highest BCUT2D eigenvalue weighted by Crippen LogP contribution is 2.32. The summed E-state index contributed by atoms with van der Waals surface area (Å²) in [5, 5.41) is 3.29. The van der Waals surface area contributed by atoms with E-state index in [1.807, 2.05) is 6.92 Å². The maximum atomic E-state index is 13.2. The second-order valence-corrected chi connectivity index (χ2v) is 10.2. The highest BCUT2D eigenvalue weighted by Gasteiger charge is 2.34. The lowest BCUT2D eigenvalue weighted by molar-refractivity contribution is -0.132. The number of carbonyl (C=O) groups is 1. The van der Waals surface area contributed by atoms with E-state index in [-0.39, 0.29) is 47.3 Å². The maximum Gasteiger partial charge on any atom is 0.236 e. The lowest BCUT2D eigenvalue weighted by atomic mass is 9.82. The van der Waals surface area contributed by atoms with Crippen molar-refractivity contribution in [3.8, 4) is 0 Å². The topological polar surface area (TPSA) is 66.5 Å². The number of likely N-dealkylation sites (N-methyl/N-ethyl adjacent to an activating group) is 1. The molecule has 7 heteroatoms. The molecule has 2 rings (SSSR count). The molecule has 0 saturated carbocycles. The summed E-state index contributed by atoms with van der Waals surface area (Å²) in [5.74, 6) is -0.203. The van der Waals surface area contributed by atoms with Crippen LogP contribution in [0.4, 0.5) is 4.39 Å². The predicted molar refractivity (Wildman–Crippen MR) is 101 cm³/mol. The Hall–Kier alpha value is -1.47. The zero-order valence-electron chi connectivity index (χ0n) is 16.0. The van der Waals surface area contributed by atoms with Crippen molar-refractivity contribution in [1.82, 2.24) is 10.2 Å². The molecule has 1 aliphatic heterocycles. The molecular weight excluding hydrogens is 355 g/mol. The number of benzene rings is 1. The van der Waals surface area contributed by atoms with Gasteiger partial charge in [0.05, 0.1) is 18.1 Å². The van der Waals surface area contributed by atoms with Gasteiger partial charge in [0, 0.05) is 18.6 Å². The molecule has 0 aliphatic carbocycles. The Morgan fingerprint density at radius 2 is 1.92 bits per heavy atom. The monoisotopic (exact) mass is 384 g/mol. The van der Waals surface area contributed by atoms with Crippen molar-refractivity contribution in [2.75, 3.05) is 24.6 Å². The second kappa shape index (κ2) is 8.05. The number of amides is 1. The van der Waals surface area contributed by atoms with Gasteiger partial charge in [-0.2, -0.15) is 0 Å². The Labute approximate surface area is 155 Å². The molecule has 26 heavy (non-hydrogen) atoms. The first-order valence-electron chi connectivity index (χ1n) is 9.02. The first-order chi connectivity index (χ1) is 12.0. The van der Waals surface area contributed by atoms with E-state index < -0.39 is 9.84 Å². The molecule has 2 unspecified atom stereocenters. The molecule has 0 bridgehead atoms. The zero-order chi connectivity index (χ0) is 19.5. The molecule has 0 radical (unpaired) electrons. The fourth-order valence-corrected chi connectivity index (χ4v) is 5.26. The summed E-state index contributed by atoms with van der Waals surface area (Å²) >= 11 is 0. The summed E-state index contributed by atoms with van der Waals surface area (Å²) in [5.41, 5.74) is 0.740. The van der Waals surface area contributed by atoms with Crippen molar-refractivity contribution < 1.29 is 17.6 Å². The van der Waals surface area contributed by atoms with Crippen molar-refractivity contribution >= 4 is 15.7 Å². The lowest BCUT2D eigenvalue weighted by Gasteiger charge is -2.33. The van der Waals surface area contributed by atoms with Crippen molar-refractivity contribution in [2.24, 2.45) is 5.41 Å². The summed E-state index contributed by atoms with van der Waals surface area (Å²) in [6.07, 6.45) is 0.503. The number of nitrogens with zero attached hydrogens (tertiary/aromatic N) is 1. The molecule has 1 saturated heterocycles. The van der Waals surface area contributed by atoms with Crippen LogP contribution in [0.15, 0.2) is 24.3 Å². The number of hydrogen-bond acceptors (Lipinski definition) is 4. The van der Waals surface area contributed by atoms with Gasteiger partial charge < -0.3 is 10.2 Å². The van der Waals surface area contributed by atoms with Crippen molar-refractivity contribution in [3.05, 3.63) is 35.6 Å². The van der Waals surface area contributed by atoms with Crippen LogP contribution in [0.1, 0.15) is 45.7 Å². The maximum absolute atomic E-state index is 13.2. The van der Waals surface area contributed by atoms with Gasteiger partial charge in [0.25, 0.3) is 0 Å². The number of sulfone groups is 1. The molecule has 1 aromatic rings. The minimum Gasteiger partial charge on any atom is -0.338 e. The van der Waals surface area contributed by atoms with E-state index in [9.17, 15) is 17.6 Å². The van der Waals surface area contributed by atoms with Crippen LogP contribution in [0.2, 0.25) is 0 Å². The van der Waals surface area contributed by atoms with Gasteiger partial charge in [-0.3, -0.25) is 4.79 Å². The largest absolute Gasteiger partial charge is 0.338 e. The smallest absolute Gasteiger partial charge is 0.236 e. The Balaban J connectivity index is 2.07. The minimum absolute atomic E-state index is 0.0489. The molecule has 1 aromatic carbocycles. The van der Waals surface area contributed by atoms with Crippen LogP contribution >= 0.6 is 0 Å². The standard InChI is InChI=1S/C19H29FN2O3S/c1-5-22(16-10-11-26(24,25)13-16)17(23)12-21-18(19(2,3)4)14-6-8-15(20)9-7-14/h6-9,16,18,21H,5,10-13H2,1-4H3. The SMILES string of the molecule is CCN(C(=O)CNC(c1ccc(F)cc1)C(C)(C)C)C1CCS(=O)(=O)C1. The molecular formula is C19H29FN2O3S. The fourth-order valence-electron chi connectivity index (χ4n) is 3.53. The second-order valence-electron chi connectivity index (χ2n) is 7.97. The first-order valence-corrected chi connectivity index (χ1v) is 10.8. The third-order valence-corrected chi connectivity index (χ3v) is 6.59. The third-order valence-electron chi connectivity index (χ3n) is 4.84. The Kier molecular flexibility index (Phi) is 6.45. The van der Waals surface area contributed by atoms with Crippen LogP contribution in [-0.2, 0) is 14.6 Å². The van der Waals surface area contributed by atoms with Gasteiger partial charge in [-0.25, -0.2) is 12.8 Å². The molecule has 5 nitrogen and oxygen atoms in total. The molecule has 1 fully saturated rings. The van der Waals surface area contributed by atoms with Gasteiger partial charge in [0.2, 0.25) is 5.91 Å². The average molecular weight is 385 g/mol. The third kappa shape index (κ3) is 5.27. The van der Waals surface area contributed by atoms with Crippen LogP contribution in [0.5, 0.6) is 0 Å². The number of halogens is 1. The Bertz CT molecular complexity index is 726. The molecule has 1 aliphatic rings. The van der Waals surface area contributed by atoms with E-state index in [4.69, 9.17) is 0 Å². The van der Waals surface area contributed by atoms with Gasteiger partial charge in [-0.1, -0.05) is 32.9 Å². The summed E-state index contributed by atoms with van der Waals surface area (Å²) in [6, 6.07) is 5.92. The fraction of sp³-hybridized carbons (Fsp3) is 0.632. The number of nitrogens with one attached hydrogen (secondary N) is 1. The predicted octanol–water partition coefficient (Wildman–Crippen LogP) is 2.54. The van der Waals surface area contributed by atoms with E-state index in [1.54, 1.807) is 17.0 Å². The van der Waals surface area contributed by atoms with E-state index in [0.717, 1.165) is 5.56 Å². The first kappa shape index (κ1) is 20.8. The van der Waals surface area contributed by atoms with Crippen LogP contribution < -0.4 is 5.32 Å². The minimum atomic E-state index is -3.04. The summed E-state index contributed by atoms with van der Waals surface area (Å²) in [6.45, 7) is 8.63. The number of rotatable bonds is 6. The Morgan fingerprint density at radius 3 is 2.38 bits per heavy atom. The van der Waals surface area contributed by atoms with Gasteiger partial charge in [-0.15, -0.1) is 0 Å². The molecule has 1 N–H and O–H groups in total. The quantitative estimate of drug-likeness (QED) is 0.819. The van der Waals surface area contributed by atoms with Gasteiger partial charge in [0.15, 0.2) is 9.84 Å². The van der Waals surface area contributed by atoms with Crippen molar-refractivity contribution in [2.45, 2.75) is 46.2 Å². The zero-order valence-corrected chi connectivity index (χ0v) is 16.8. The average Bonchev–Trinajstić information content (AvgIpc) is 2.88. The van der Waals surface area contributed by atoms with Crippen LogP contribution in [0.3, 0.4) is 0 Å². The van der Waals surface area contributed by atoms with Gasteiger partial charge in [0.1, 0.15) is 5.82 Å². The van der Waals surface area contributed by atoms with E-state index in [1.165, 1.54) is 12.1 Å². The van der Waals surface area contributed by atoms with Gasteiger partial charge >= 0.3 is 0 Å². The van der Waals surface area contributed by atoms with Gasteiger partial charge in [-0.05, 0) is 36.5 Å². The van der Waals surface area contributed by atoms with Crippen LogP contribution in [-0.4, -0.2) is 49.9 Å². The van der Waals surface area contributed by atoms with E-state index in [0.29, 0.717) is 13.0 Å². The van der Waals surface area contributed by atoms with Crippen LogP contribution in [0, 0.1) is 11.2 Å².